The SMILES string of the molecule is CC(NC(=O)COc1ccc(C=NNC(=O)CC(=O)NCc2ccccc2)cc1)c1ccccc1. The van der Waals surface area contributed by atoms with Gasteiger partial charge in [-0.3, -0.25) is 14.4 Å². The molecule has 0 radical (unpaired) electrons. The van der Waals surface area contributed by atoms with Gasteiger partial charge in [0.15, 0.2) is 6.61 Å². The number of nitrogens with one attached hydrogen (secondary N) is 3. The van der Waals surface area contributed by atoms with E-state index in [1.54, 1.807) is 24.3 Å². The van der Waals surface area contributed by atoms with E-state index in [0.29, 0.717) is 17.9 Å². The molecule has 3 N–H and O–H groups in total. The summed E-state index contributed by atoms with van der Waals surface area (Å²) in [5.74, 6) is -0.584. The van der Waals surface area contributed by atoms with Gasteiger partial charge in [-0.25, -0.2) is 5.43 Å². The molecule has 0 aliphatic heterocycles. The minimum atomic E-state index is -0.512. The molecular formula is C27H28N4O4. The Bertz CT molecular complexity index is 1130. The molecule has 0 saturated heterocycles. The number of hydrogen-bond donors (Lipinski definition) is 3. The van der Waals surface area contributed by atoms with Gasteiger partial charge >= 0.3 is 0 Å². The molecule has 1 unspecified atom stereocenters. The lowest BCUT2D eigenvalue weighted by molar-refractivity contribution is -0.129. The molecule has 0 fully saturated rings. The fourth-order valence-electron chi connectivity index (χ4n) is 3.13. The average molecular weight is 473 g/mol. The number of carbonyl (C=O) groups excluding carboxylic acids is 3. The van der Waals surface area contributed by atoms with E-state index < -0.39 is 5.91 Å². The Balaban J connectivity index is 1.35. The van der Waals surface area contributed by atoms with Gasteiger partial charge in [-0.15, -0.1) is 0 Å². The van der Waals surface area contributed by atoms with Crippen LogP contribution < -0.4 is 20.8 Å². The quantitative estimate of drug-likeness (QED) is 0.226. The minimum Gasteiger partial charge on any atom is -0.484 e. The summed E-state index contributed by atoms with van der Waals surface area (Å²) >= 11 is 0. The van der Waals surface area contributed by atoms with E-state index in [-0.39, 0.29) is 30.9 Å². The molecule has 0 aliphatic rings. The number of rotatable bonds is 11. The highest BCUT2D eigenvalue weighted by Crippen LogP contribution is 2.13. The molecule has 1 atom stereocenters. The van der Waals surface area contributed by atoms with Gasteiger partial charge in [0.1, 0.15) is 12.2 Å². The normalized spacial score (nSPS) is 11.5. The van der Waals surface area contributed by atoms with Gasteiger partial charge < -0.3 is 15.4 Å². The molecular weight excluding hydrogens is 444 g/mol. The molecule has 3 aromatic carbocycles. The first-order chi connectivity index (χ1) is 17.0. The Morgan fingerprint density at radius 2 is 1.51 bits per heavy atom. The largest absolute Gasteiger partial charge is 0.484 e. The van der Waals surface area contributed by atoms with Crippen LogP contribution in [0.3, 0.4) is 0 Å². The van der Waals surface area contributed by atoms with Gasteiger partial charge in [-0.1, -0.05) is 60.7 Å². The van der Waals surface area contributed by atoms with Crippen molar-refractivity contribution in [1.82, 2.24) is 16.1 Å². The number of hydrogen-bond acceptors (Lipinski definition) is 5. The van der Waals surface area contributed by atoms with Crippen molar-refractivity contribution < 1.29 is 19.1 Å². The van der Waals surface area contributed by atoms with Crippen LogP contribution in [0.4, 0.5) is 0 Å². The predicted octanol–water partition coefficient (Wildman–Crippen LogP) is 3.10. The first-order valence-corrected chi connectivity index (χ1v) is 11.2. The summed E-state index contributed by atoms with van der Waals surface area (Å²) in [6.45, 7) is 2.17. The zero-order valence-corrected chi connectivity index (χ0v) is 19.4. The third-order valence-electron chi connectivity index (χ3n) is 4.98. The highest BCUT2D eigenvalue weighted by molar-refractivity contribution is 5.97. The standard InChI is InChI=1S/C27H28N4O4/c1-20(23-10-6-3-7-11-23)30-27(34)19-35-24-14-12-22(13-15-24)18-29-31-26(33)16-25(32)28-17-21-8-4-2-5-9-21/h2-15,18,20H,16-17,19H2,1H3,(H,28,32)(H,30,34)(H,31,33). The van der Waals surface area contributed by atoms with Crippen LogP contribution in [0.25, 0.3) is 0 Å². The molecule has 8 nitrogen and oxygen atoms in total. The molecule has 35 heavy (non-hydrogen) atoms. The van der Waals surface area contributed by atoms with Gasteiger partial charge in [-0.05, 0) is 47.9 Å². The van der Waals surface area contributed by atoms with Crippen LogP contribution in [-0.4, -0.2) is 30.5 Å². The number of nitrogens with zero attached hydrogens (tertiary/aromatic N) is 1. The highest BCUT2D eigenvalue weighted by Gasteiger charge is 2.10. The van der Waals surface area contributed by atoms with Crippen molar-refractivity contribution in [3.63, 3.8) is 0 Å². The van der Waals surface area contributed by atoms with Crippen molar-refractivity contribution in [1.29, 1.82) is 0 Å². The maximum absolute atomic E-state index is 12.1. The molecule has 3 rings (SSSR count). The maximum Gasteiger partial charge on any atom is 0.258 e. The molecule has 0 saturated carbocycles. The smallest absolute Gasteiger partial charge is 0.258 e. The Kier molecular flexibility index (Phi) is 9.56. The molecule has 3 aromatic rings. The van der Waals surface area contributed by atoms with Crippen molar-refractivity contribution in [2.24, 2.45) is 5.10 Å². The summed E-state index contributed by atoms with van der Waals surface area (Å²) in [6.07, 6.45) is 1.14. The zero-order valence-electron chi connectivity index (χ0n) is 19.4. The molecule has 0 heterocycles. The van der Waals surface area contributed by atoms with E-state index in [1.165, 1.54) is 6.21 Å². The molecule has 180 valence electrons. The van der Waals surface area contributed by atoms with Gasteiger partial charge in [-0.2, -0.15) is 5.10 Å². The van der Waals surface area contributed by atoms with Crippen molar-refractivity contribution in [2.75, 3.05) is 6.61 Å². The van der Waals surface area contributed by atoms with Crippen LogP contribution in [0.15, 0.2) is 90.0 Å². The number of hydrazone groups is 1. The van der Waals surface area contributed by atoms with Crippen LogP contribution in [-0.2, 0) is 20.9 Å². The van der Waals surface area contributed by atoms with Crippen LogP contribution in [0, 0.1) is 0 Å². The van der Waals surface area contributed by atoms with E-state index in [9.17, 15) is 14.4 Å². The fraction of sp³-hybridized carbons (Fsp3) is 0.185. The predicted molar refractivity (Wildman–Crippen MR) is 134 cm³/mol. The summed E-state index contributed by atoms with van der Waals surface area (Å²) in [7, 11) is 0. The second kappa shape index (κ2) is 13.3. The second-order valence-corrected chi connectivity index (χ2v) is 7.79. The first-order valence-electron chi connectivity index (χ1n) is 11.2. The number of amides is 3. The lowest BCUT2D eigenvalue weighted by atomic mass is 10.1. The summed E-state index contributed by atoms with van der Waals surface area (Å²) < 4.78 is 5.53. The van der Waals surface area contributed by atoms with E-state index >= 15 is 0 Å². The molecule has 3 amide bonds. The third-order valence-corrected chi connectivity index (χ3v) is 4.98. The molecule has 0 bridgehead atoms. The van der Waals surface area contributed by atoms with Crippen molar-refractivity contribution >= 4 is 23.9 Å². The van der Waals surface area contributed by atoms with Crippen molar-refractivity contribution in [3.8, 4) is 5.75 Å². The van der Waals surface area contributed by atoms with Crippen molar-refractivity contribution in [3.05, 3.63) is 102 Å². The van der Waals surface area contributed by atoms with E-state index in [1.807, 2.05) is 67.6 Å². The van der Waals surface area contributed by atoms with Crippen molar-refractivity contribution in [2.45, 2.75) is 25.9 Å². The van der Waals surface area contributed by atoms with E-state index in [0.717, 1.165) is 11.1 Å². The topological polar surface area (TPSA) is 109 Å². The average Bonchev–Trinajstić information content (AvgIpc) is 2.88. The summed E-state index contributed by atoms with van der Waals surface area (Å²) in [5, 5.41) is 9.45. The van der Waals surface area contributed by atoms with Gasteiger partial charge in [0.25, 0.3) is 5.91 Å². The summed E-state index contributed by atoms with van der Waals surface area (Å²) in [5.41, 5.74) is 5.02. The van der Waals surface area contributed by atoms with Crippen LogP contribution >= 0.6 is 0 Å². The molecule has 0 aliphatic carbocycles. The first kappa shape index (κ1) is 25.2. The lowest BCUT2D eigenvalue weighted by Gasteiger charge is -2.14. The highest BCUT2D eigenvalue weighted by atomic mass is 16.5. The lowest BCUT2D eigenvalue weighted by Crippen LogP contribution is -2.31. The minimum absolute atomic E-state index is 0.104. The Morgan fingerprint density at radius 1 is 0.857 bits per heavy atom. The molecule has 0 spiro atoms. The Hall–Kier alpha value is -4.46. The monoisotopic (exact) mass is 472 g/mol. The number of benzene rings is 3. The summed E-state index contributed by atoms with van der Waals surface area (Å²) in [6, 6.07) is 25.9. The van der Waals surface area contributed by atoms with Crippen LogP contribution in [0.1, 0.15) is 36.1 Å². The van der Waals surface area contributed by atoms with Gasteiger partial charge in [0, 0.05) is 6.54 Å². The molecule has 0 aromatic heterocycles. The van der Waals surface area contributed by atoms with E-state index in [4.69, 9.17) is 4.74 Å². The molecule has 8 heteroatoms. The van der Waals surface area contributed by atoms with E-state index in [2.05, 4.69) is 21.2 Å². The van der Waals surface area contributed by atoms with Gasteiger partial charge in [0.2, 0.25) is 11.8 Å². The van der Waals surface area contributed by atoms with Crippen LogP contribution in [0.2, 0.25) is 0 Å². The second-order valence-electron chi connectivity index (χ2n) is 7.79. The number of carbonyl (C=O) groups is 3. The fourth-order valence-corrected chi connectivity index (χ4v) is 3.13. The Labute approximate surface area is 204 Å². The van der Waals surface area contributed by atoms with Gasteiger partial charge in [0.05, 0.1) is 12.3 Å². The third kappa shape index (κ3) is 9.13. The maximum atomic E-state index is 12.1. The zero-order chi connectivity index (χ0) is 24.9. The summed E-state index contributed by atoms with van der Waals surface area (Å²) in [4.78, 5) is 35.9. The van der Waals surface area contributed by atoms with Crippen LogP contribution in [0.5, 0.6) is 5.75 Å². The Morgan fingerprint density at radius 3 is 2.20 bits per heavy atom. The number of ether oxygens (including phenoxy) is 1.